The molecule has 2 aromatic heterocycles. The predicted octanol–water partition coefficient (Wildman–Crippen LogP) is 5.11. The zero-order valence-corrected chi connectivity index (χ0v) is 17.0. The van der Waals surface area contributed by atoms with Crippen molar-refractivity contribution in [2.75, 3.05) is 7.11 Å². The number of aliphatic hydroxyl groups is 1. The molecule has 1 N–H and O–H groups in total. The van der Waals surface area contributed by atoms with Crippen LogP contribution in [0.15, 0.2) is 35.0 Å². The first kappa shape index (κ1) is 20.9. The topological polar surface area (TPSA) is 73.3 Å². The van der Waals surface area contributed by atoms with Gasteiger partial charge in [-0.3, -0.25) is 4.68 Å². The van der Waals surface area contributed by atoms with Crippen molar-refractivity contribution in [2.24, 2.45) is 0 Å². The number of benzene rings is 1. The molecule has 4 rings (SSSR count). The summed E-state index contributed by atoms with van der Waals surface area (Å²) in [7, 11) is 1.43. The summed E-state index contributed by atoms with van der Waals surface area (Å²) >= 11 is 6.25. The molecule has 0 amide bonds. The number of nitrogens with zero attached hydrogens (tertiary/aromatic N) is 3. The molecular weight excluding hydrogens is 423 g/mol. The molecule has 1 aliphatic carbocycles. The summed E-state index contributed by atoms with van der Waals surface area (Å²) in [5.41, 5.74) is -0.989. The van der Waals surface area contributed by atoms with Gasteiger partial charge in [0, 0.05) is 12.7 Å². The Hall–Kier alpha value is -2.36. The number of ether oxygens (including phenoxy) is 1. The number of methoxy groups -OCH3 is 1. The third-order valence-corrected chi connectivity index (χ3v) is 5.54. The molecule has 0 unspecified atom stereocenters. The molecular formula is C20H19ClF3N3O3. The summed E-state index contributed by atoms with van der Waals surface area (Å²) in [6, 6.07) is 6.29. The van der Waals surface area contributed by atoms with Crippen molar-refractivity contribution in [1.29, 1.82) is 0 Å². The van der Waals surface area contributed by atoms with Crippen LogP contribution in [0.5, 0.6) is 0 Å². The van der Waals surface area contributed by atoms with Crippen molar-refractivity contribution < 1.29 is 27.5 Å². The summed E-state index contributed by atoms with van der Waals surface area (Å²) in [4.78, 5) is 0. The maximum Gasteiger partial charge on any atom is 0.433 e. The van der Waals surface area contributed by atoms with E-state index in [4.69, 9.17) is 20.9 Å². The van der Waals surface area contributed by atoms with Gasteiger partial charge >= 0.3 is 6.18 Å². The molecule has 0 spiro atoms. The molecule has 1 aliphatic rings. The van der Waals surface area contributed by atoms with Crippen LogP contribution in [0, 0.1) is 0 Å². The molecule has 0 saturated heterocycles. The number of alkyl halides is 3. The minimum Gasteiger partial charge on any atom is -0.390 e. The Morgan fingerprint density at radius 2 is 2.00 bits per heavy atom. The largest absolute Gasteiger partial charge is 0.433 e. The van der Waals surface area contributed by atoms with Crippen molar-refractivity contribution >= 4 is 11.6 Å². The quantitative estimate of drug-likeness (QED) is 0.595. The number of rotatable bonds is 5. The Balaban J connectivity index is 1.85. The third kappa shape index (κ3) is 3.61. The Morgan fingerprint density at radius 3 is 2.60 bits per heavy atom. The molecule has 30 heavy (non-hydrogen) atoms. The second-order valence-corrected chi connectivity index (χ2v) is 8.07. The summed E-state index contributed by atoms with van der Waals surface area (Å²) in [6.07, 6.45) is -3.20. The molecule has 6 nitrogen and oxygen atoms in total. The fourth-order valence-corrected chi connectivity index (χ4v) is 4.11. The molecule has 0 aliphatic heterocycles. The van der Waals surface area contributed by atoms with Crippen molar-refractivity contribution in [1.82, 2.24) is 14.9 Å². The minimum atomic E-state index is -4.69. The lowest BCUT2D eigenvalue weighted by Crippen LogP contribution is -2.43. The maximum atomic E-state index is 14.0. The first-order valence-corrected chi connectivity index (χ1v) is 9.60. The van der Waals surface area contributed by atoms with Crippen LogP contribution in [0.25, 0.3) is 22.6 Å². The van der Waals surface area contributed by atoms with Gasteiger partial charge < -0.3 is 14.4 Å². The molecule has 3 aromatic rings. The van der Waals surface area contributed by atoms with Crippen LogP contribution in [-0.2, 0) is 17.5 Å². The zero-order chi connectivity index (χ0) is 21.7. The monoisotopic (exact) mass is 441 g/mol. The highest BCUT2D eigenvalue weighted by atomic mass is 35.5. The van der Waals surface area contributed by atoms with Gasteiger partial charge in [-0.2, -0.15) is 18.3 Å². The second kappa shape index (κ2) is 7.40. The zero-order valence-electron chi connectivity index (χ0n) is 16.2. The second-order valence-electron chi connectivity index (χ2n) is 7.66. The van der Waals surface area contributed by atoms with Gasteiger partial charge in [-0.15, -0.1) is 0 Å². The normalized spacial score (nSPS) is 21.6. The van der Waals surface area contributed by atoms with Gasteiger partial charge in [-0.25, -0.2) is 0 Å². The van der Waals surface area contributed by atoms with E-state index in [2.05, 4.69) is 10.3 Å². The lowest BCUT2D eigenvalue weighted by Gasteiger charge is -2.41. The summed E-state index contributed by atoms with van der Waals surface area (Å²) in [6.45, 7) is 1.56. The fraction of sp³-hybridized carbons (Fsp3) is 0.400. The van der Waals surface area contributed by atoms with E-state index in [1.54, 1.807) is 31.2 Å². The van der Waals surface area contributed by atoms with E-state index in [0.717, 1.165) is 10.9 Å². The average molecular weight is 442 g/mol. The van der Waals surface area contributed by atoms with E-state index in [-0.39, 0.29) is 30.8 Å². The van der Waals surface area contributed by atoms with Crippen molar-refractivity contribution in [3.63, 3.8) is 0 Å². The van der Waals surface area contributed by atoms with Crippen LogP contribution in [0.4, 0.5) is 13.2 Å². The van der Waals surface area contributed by atoms with Crippen LogP contribution in [0.3, 0.4) is 0 Å². The highest BCUT2D eigenvalue weighted by Gasteiger charge is 2.47. The highest BCUT2D eigenvalue weighted by molar-refractivity contribution is 6.33. The number of hydrogen-bond donors (Lipinski definition) is 1. The first-order chi connectivity index (χ1) is 14.1. The first-order valence-electron chi connectivity index (χ1n) is 9.22. The molecule has 0 radical (unpaired) electrons. The van der Waals surface area contributed by atoms with Crippen LogP contribution in [0.2, 0.25) is 5.02 Å². The van der Waals surface area contributed by atoms with Crippen LogP contribution in [0.1, 0.15) is 37.1 Å². The molecule has 10 heteroatoms. The van der Waals surface area contributed by atoms with Crippen LogP contribution >= 0.6 is 11.6 Å². The molecule has 0 atom stereocenters. The Morgan fingerprint density at radius 1 is 1.30 bits per heavy atom. The average Bonchev–Trinajstić information content (AvgIpc) is 3.24. The molecule has 2 heterocycles. The van der Waals surface area contributed by atoms with E-state index >= 15 is 0 Å². The number of aromatic nitrogens is 3. The fourth-order valence-electron chi connectivity index (χ4n) is 3.88. The predicted molar refractivity (Wildman–Crippen MR) is 103 cm³/mol. The SMILES string of the molecule is COCc1c(-c2ccccc2Cl)noc1-c1cnn(C2CC(C)(O)C2)c1C(F)(F)F. The Labute approximate surface area is 175 Å². The van der Waals surface area contributed by atoms with Gasteiger partial charge in [0.05, 0.1) is 40.6 Å². The Bertz CT molecular complexity index is 1070. The van der Waals surface area contributed by atoms with Gasteiger partial charge in [-0.1, -0.05) is 35.0 Å². The number of halogens is 4. The third-order valence-electron chi connectivity index (χ3n) is 5.21. The highest BCUT2D eigenvalue weighted by Crippen LogP contribution is 2.47. The van der Waals surface area contributed by atoms with Crippen molar-refractivity contribution in [2.45, 2.75) is 44.2 Å². The maximum absolute atomic E-state index is 14.0. The summed E-state index contributed by atoms with van der Waals surface area (Å²) in [5, 5.41) is 18.3. The van der Waals surface area contributed by atoms with E-state index in [1.165, 1.54) is 7.11 Å². The van der Waals surface area contributed by atoms with Gasteiger partial charge in [0.2, 0.25) is 0 Å². The van der Waals surface area contributed by atoms with Crippen molar-refractivity contribution in [3.05, 3.63) is 46.7 Å². The van der Waals surface area contributed by atoms with Gasteiger partial charge in [0.15, 0.2) is 11.5 Å². The van der Waals surface area contributed by atoms with Crippen molar-refractivity contribution in [3.8, 4) is 22.6 Å². The van der Waals surface area contributed by atoms with Gasteiger partial charge in [0.1, 0.15) is 5.69 Å². The molecule has 0 bridgehead atoms. The van der Waals surface area contributed by atoms with E-state index in [1.807, 2.05) is 0 Å². The van der Waals surface area contributed by atoms with Gasteiger partial charge in [0.25, 0.3) is 0 Å². The Kier molecular flexibility index (Phi) is 5.16. The molecule has 1 aromatic carbocycles. The van der Waals surface area contributed by atoms with Crippen LogP contribution in [-0.4, -0.2) is 32.8 Å². The molecule has 1 fully saturated rings. The van der Waals surface area contributed by atoms with E-state index in [9.17, 15) is 18.3 Å². The standard InChI is InChI=1S/C20H19ClF3N3O3/c1-19(28)7-11(8-19)27-18(20(22,23)24)13(9-25-27)17-14(10-29-2)16(26-30-17)12-5-3-4-6-15(12)21/h3-6,9,11,28H,7-8,10H2,1-2H3. The number of hydrogen-bond acceptors (Lipinski definition) is 5. The molecule has 160 valence electrons. The smallest absolute Gasteiger partial charge is 0.390 e. The minimum absolute atomic E-state index is 0.0278. The molecule has 1 saturated carbocycles. The summed E-state index contributed by atoms with van der Waals surface area (Å²) in [5.74, 6) is -0.0728. The lowest BCUT2D eigenvalue weighted by molar-refractivity contribution is -0.148. The lowest BCUT2D eigenvalue weighted by atomic mass is 9.77. The summed E-state index contributed by atoms with van der Waals surface area (Å²) < 4.78 is 53.5. The van der Waals surface area contributed by atoms with Gasteiger partial charge in [-0.05, 0) is 25.8 Å². The van der Waals surface area contributed by atoms with Crippen LogP contribution < -0.4 is 0 Å². The van der Waals surface area contributed by atoms with E-state index in [0.29, 0.717) is 21.8 Å². The van der Waals surface area contributed by atoms with E-state index < -0.39 is 23.5 Å².